The molecule has 0 fully saturated rings. The zero-order valence-corrected chi connectivity index (χ0v) is 21.3. The second kappa shape index (κ2) is 15.9. The van der Waals surface area contributed by atoms with Gasteiger partial charge in [-0.25, -0.2) is 0 Å². The van der Waals surface area contributed by atoms with Crippen molar-refractivity contribution in [3.8, 4) is 0 Å². The van der Waals surface area contributed by atoms with Gasteiger partial charge in [0, 0.05) is 6.42 Å². The molecule has 5 heteroatoms. The van der Waals surface area contributed by atoms with E-state index in [2.05, 4.69) is 43.3 Å². The Labute approximate surface area is 215 Å². The average molecular weight is 491 g/mol. The van der Waals surface area contributed by atoms with Crippen molar-refractivity contribution >= 4 is 5.97 Å². The van der Waals surface area contributed by atoms with Gasteiger partial charge in [0.1, 0.15) is 12.2 Å². The quantitative estimate of drug-likeness (QED) is 0.129. The summed E-state index contributed by atoms with van der Waals surface area (Å²) >= 11 is 0. The molecule has 0 aliphatic heterocycles. The molecule has 36 heavy (non-hydrogen) atoms. The Morgan fingerprint density at radius 3 is 1.53 bits per heavy atom. The van der Waals surface area contributed by atoms with Gasteiger partial charge in [-0.2, -0.15) is 0 Å². The second-order valence-electron chi connectivity index (χ2n) is 8.53. The summed E-state index contributed by atoms with van der Waals surface area (Å²) in [4.78, 5) is 11.6. The first-order chi connectivity index (χ1) is 17.8. The summed E-state index contributed by atoms with van der Waals surface area (Å²) < 4.78 is 23.1. The van der Waals surface area contributed by atoms with Crippen LogP contribution in [-0.2, 0) is 29.3 Å². The molecule has 0 aromatic heterocycles. The zero-order valence-electron chi connectivity index (χ0n) is 21.3. The predicted octanol–water partition coefficient (Wildman–Crippen LogP) is 6.15. The molecule has 0 radical (unpaired) electrons. The van der Waals surface area contributed by atoms with Crippen molar-refractivity contribution in [3.63, 3.8) is 0 Å². The van der Waals surface area contributed by atoms with Crippen LogP contribution in [0.1, 0.15) is 49.3 Å². The van der Waals surface area contributed by atoms with Crippen LogP contribution in [0.15, 0.2) is 91.0 Å². The number of ether oxygens (including phenoxy) is 4. The van der Waals surface area contributed by atoms with E-state index in [-0.39, 0.29) is 12.6 Å². The van der Waals surface area contributed by atoms with E-state index in [1.807, 2.05) is 54.6 Å². The van der Waals surface area contributed by atoms with E-state index in [9.17, 15) is 4.79 Å². The molecule has 0 saturated carbocycles. The summed E-state index contributed by atoms with van der Waals surface area (Å²) in [5, 5.41) is 0. The average Bonchev–Trinajstić information content (AvgIpc) is 2.93. The highest BCUT2D eigenvalue weighted by Gasteiger charge is 2.37. The molecule has 0 spiro atoms. The SMILES string of the molecule is CCCCCC(=O)OCCOCCOCCOC(c1ccccc1)(c1ccccc1)c1ccccc1. The minimum Gasteiger partial charge on any atom is -0.463 e. The largest absolute Gasteiger partial charge is 0.463 e. The Morgan fingerprint density at radius 2 is 1.06 bits per heavy atom. The maximum atomic E-state index is 11.6. The number of benzene rings is 3. The number of rotatable bonds is 17. The van der Waals surface area contributed by atoms with Crippen LogP contribution >= 0.6 is 0 Å². The third kappa shape index (κ3) is 8.30. The van der Waals surface area contributed by atoms with Crippen molar-refractivity contribution in [1.82, 2.24) is 0 Å². The van der Waals surface area contributed by atoms with Gasteiger partial charge >= 0.3 is 5.97 Å². The fraction of sp³-hybridized carbons (Fsp3) is 0.387. The highest BCUT2D eigenvalue weighted by molar-refractivity contribution is 5.69. The monoisotopic (exact) mass is 490 g/mol. The van der Waals surface area contributed by atoms with Gasteiger partial charge in [0.2, 0.25) is 0 Å². The normalized spacial score (nSPS) is 11.4. The van der Waals surface area contributed by atoms with Crippen molar-refractivity contribution in [2.24, 2.45) is 0 Å². The van der Waals surface area contributed by atoms with E-state index in [1.165, 1.54) is 0 Å². The lowest BCUT2D eigenvalue weighted by Gasteiger charge is -2.36. The van der Waals surface area contributed by atoms with Crippen molar-refractivity contribution in [2.75, 3.05) is 39.6 Å². The summed E-state index contributed by atoms with van der Waals surface area (Å²) in [6.07, 6.45) is 3.50. The Morgan fingerprint density at radius 1 is 0.611 bits per heavy atom. The minimum absolute atomic E-state index is 0.154. The first-order valence-electron chi connectivity index (χ1n) is 12.9. The molecule has 5 nitrogen and oxygen atoms in total. The van der Waals surface area contributed by atoms with Gasteiger partial charge in [0.15, 0.2) is 0 Å². The molecule has 192 valence electrons. The van der Waals surface area contributed by atoms with Crippen molar-refractivity contribution < 1.29 is 23.7 Å². The molecule has 0 heterocycles. The molecule has 0 atom stereocenters. The van der Waals surface area contributed by atoms with Crippen LogP contribution < -0.4 is 0 Å². The summed E-state index contributed by atoms with van der Waals surface area (Å²) in [6, 6.07) is 30.9. The lowest BCUT2D eigenvalue weighted by molar-refractivity contribution is -0.145. The van der Waals surface area contributed by atoms with Gasteiger partial charge in [-0.3, -0.25) is 4.79 Å². The molecule has 0 bridgehead atoms. The molecule has 3 aromatic rings. The molecule has 3 aromatic carbocycles. The van der Waals surface area contributed by atoms with Gasteiger partial charge in [-0.05, 0) is 23.1 Å². The minimum atomic E-state index is -0.745. The molecule has 0 aliphatic carbocycles. The van der Waals surface area contributed by atoms with E-state index in [4.69, 9.17) is 18.9 Å². The van der Waals surface area contributed by atoms with Crippen LogP contribution in [0.5, 0.6) is 0 Å². The van der Waals surface area contributed by atoms with Crippen molar-refractivity contribution in [3.05, 3.63) is 108 Å². The summed E-state index contributed by atoms with van der Waals surface area (Å²) in [5.41, 5.74) is 2.45. The van der Waals surface area contributed by atoms with Crippen molar-refractivity contribution in [2.45, 2.75) is 38.2 Å². The van der Waals surface area contributed by atoms with Gasteiger partial charge in [0.25, 0.3) is 0 Å². The molecule has 0 unspecified atom stereocenters. The number of esters is 1. The molecule has 0 aliphatic rings. The molecular weight excluding hydrogens is 452 g/mol. The van der Waals surface area contributed by atoms with Crippen LogP contribution in [0.3, 0.4) is 0 Å². The lowest BCUT2D eigenvalue weighted by atomic mass is 9.80. The predicted molar refractivity (Wildman–Crippen MR) is 142 cm³/mol. The zero-order chi connectivity index (χ0) is 25.3. The second-order valence-corrected chi connectivity index (χ2v) is 8.53. The van der Waals surface area contributed by atoms with E-state index in [0.717, 1.165) is 36.0 Å². The molecular formula is C31H38O5. The van der Waals surface area contributed by atoms with Crippen LogP contribution in [0.4, 0.5) is 0 Å². The summed E-state index contributed by atoms with van der Waals surface area (Å²) in [5.74, 6) is -0.154. The Kier molecular flexibility index (Phi) is 12.2. The fourth-order valence-electron chi connectivity index (χ4n) is 4.15. The molecule has 0 N–H and O–H groups in total. The Bertz CT molecular complexity index is 879. The van der Waals surface area contributed by atoms with E-state index in [0.29, 0.717) is 39.5 Å². The highest BCUT2D eigenvalue weighted by atomic mass is 16.6. The number of carbonyl (C=O) groups excluding carboxylic acids is 1. The van der Waals surface area contributed by atoms with E-state index >= 15 is 0 Å². The Balaban J connectivity index is 1.49. The van der Waals surface area contributed by atoms with Gasteiger partial charge in [0.05, 0.1) is 33.0 Å². The topological polar surface area (TPSA) is 54.0 Å². The third-order valence-electron chi connectivity index (χ3n) is 5.93. The van der Waals surface area contributed by atoms with Crippen LogP contribution in [0, 0.1) is 0 Å². The van der Waals surface area contributed by atoms with Gasteiger partial charge in [-0.1, -0.05) is 111 Å². The fourth-order valence-corrected chi connectivity index (χ4v) is 4.15. The maximum absolute atomic E-state index is 11.6. The van der Waals surface area contributed by atoms with Gasteiger partial charge < -0.3 is 18.9 Å². The number of hydrogen-bond donors (Lipinski definition) is 0. The smallest absolute Gasteiger partial charge is 0.305 e. The molecule has 0 saturated heterocycles. The number of hydrogen-bond acceptors (Lipinski definition) is 5. The standard InChI is InChI=1S/C31H38O5/c1-2-3-7-20-30(32)35-25-23-33-21-22-34-24-26-36-31(27-14-8-4-9-15-27,28-16-10-5-11-17-28)29-18-12-6-13-19-29/h4-6,8-19H,2-3,7,20-26H2,1H3. The molecule has 3 rings (SSSR count). The first-order valence-corrected chi connectivity index (χ1v) is 12.9. The van der Waals surface area contributed by atoms with Crippen LogP contribution in [0.25, 0.3) is 0 Å². The Hall–Kier alpha value is -2.99. The maximum Gasteiger partial charge on any atom is 0.305 e. The van der Waals surface area contributed by atoms with Crippen LogP contribution in [-0.4, -0.2) is 45.6 Å². The third-order valence-corrected chi connectivity index (χ3v) is 5.93. The summed E-state index contributed by atoms with van der Waals surface area (Å²) in [6.45, 7) is 4.50. The van der Waals surface area contributed by atoms with E-state index < -0.39 is 5.60 Å². The van der Waals surface area contributed by atoms with E-state index in [1.54, 1.807) is 0 Å². The van der Waals surface area contributed by atoms with Crippen molar-refractivity contribution in [1.29, 1.82) is 0 Å². The lowest BCUT2D eigenvalue weighted by Crippen LogP contribution is -2.34. The summed E-state index contributed by atoms with van der Waals surface area (Å²) in [7, 11) is 0. The highest BCUT2D eigenvalue weighted by Crippen LogP contribution is 2.40. The molecule has 0 amide bonds. The number of unbranched alkanes of at least 4 members (excludes halogenated alkanes) is 2. The van der Waals surface area contributed by atoms with Crippen LogP contribution in [0.2, 0.25) is 0 Å². The number of carbonyl (C=O) groups is 1. The van der Waals surface area contributed by atoms with Gasteiger partial charge in [-0.15, -0.1) is 0 Å². The first kappa shape index (κ1) is 27.6.